The van der Waals surface area contributed by atoms with Gasteiger partial charge in [-0.3, -0.25) is 9.78 Å². The van der Waals surface area contributed by atoms with Gasteiger partial charge in [-0.05, 0) is 19.1 Å². The van der Waals surface area contributed by atoms with Crippen molar-refractivity contribution in [3.8, 4) is 11.4 Å². The smallest absolute Gasteiger partial charge is 0.255 e. The summed E-state index contributed by atoms with van der Waals surface area (Å²) in [5.74, 6) is 0.681. The predicted octanol–water partition coefficient (Wildman–Crippen LogP) is 2.73. The zero-order valence-corrected chi connectivity index (χ0v) is 14.9. The number of rotatable bonds is 2. The van der Waals surface area contributed by atoms with Crippen molar-refractivity contribution in [3.05, 3.63) is 77.4 Å². The minimum Gasteiger partial charge on any atom is -0.360 e. The molecule has 0 unspecified atom stereocenters. The van der Waals surface area contributed by atoms with E-state index >= 15 is 0 Å². The van der Waals surface area contributed by atoms with E-state index in [4.69, 9.17) is 4.74 Å². The highest BCUT2D eigenvalue weighted by Gasteiger charge is 2.52. The second-order valence-electron chi connectivity index (χ2n) is 7.05. The van der Waals surface area contributed by atoms with Gasteiger partial charge in [0.05, 0.1) is 31.0 Å². The van der Waals surface area contributed by atoms with E-state index in [1.54, 1.807) is 11.1 Å². The molecule has 2 aliphatic rings. The third-order valence-corrected chi connectivity index (χ3v) is 5.21. The fourth-order valence-corrected chi connectivity index (χ4v) is 3.67. The Labute approximate surface area is 156 Å². The van der Waals surface area contributed by atoms with Crippen LogP contribution in [0.1, 0.15) is 27.3 Å². The largest absolute Gasteiger partial charge is 0.360 e. The Morgan fingerprint density at radius 1 is 1.07 bits per heavy atom. The lowest BCUT2D eigenvalue weighted by Gasteiger charge is -2.47. The van der Waals surface area contributed by atoms with Crippen LogP contribution in [0.4, 0.5) is 0 Å². The van der Waals surface area contributed by atoms with Gasteiger partial charge in [0.1, 0.15) is 5.60 Å². The topological polar surface area (TPSA) is 68.2 Å². The van der Waals surface area contributed by atoms with Crippen LogP contribution in [0.5, 0.6) is 0 Å². The van der Waals surface area contributed by atoms with E-state index < -0.39 is 5.60 Å². The Balaban J connectivity index is 1.36. The number of aryl methyl sites for hydroxylation is 1. The number of likely N-dealkylation sites (tertiary alicyclic amines) is 1. The van der Waals surface area contributed by atoms with Gasteiger partial charge < -0.3 is 9.64 Å². The molecule has 2 aromatic heterocycles. The first kappa shape index (κ1) is 16.1. The summed E-state index contributed by atoms with van der Waals surface area (Å²) in [5.41, 5.74) is 3.91. The molecule has 1 spiro atoms. The highest BCUT2D eigenvalue weighted by molar-refractivity contribution is 5.94. The molecule has 0 radical (unpaired) electrons. The second kappa shape index (κ2) is 5.96. The van der Waals surface area contributed by atoms with Crippen molar-refractivity contribution in [2.75, 3.05) is 13.1 Å². The monoisotopic (exact) mass is 358 g/mol. The third-order valence-electron chi connectivity index (χ3n) is 5.21. The SMILES string of the molecule is Cc1ccc(C(=O)N2CC3(C2)OCc2nc(-c4ccccc4)ncc23)cn1. The average molecular weight is 358 g/mol. The van der Waals surface area contributed by atoms with Crippen molar-refractivity contribution in [3.63, 3.8) is 0 Å². The summed E-state index contributed by atoms with van der Waals surface area (Å²) in [4.78, 5) is 27.8. The van der Waals surface area contributed by atoms with E-state index in [1.165, 1.54) is 0 Å². The van der Waals surface area contributed by atoms with Gasteiger partial charge in [0.2, 0.25) is 0 Å². The lowest BCUT2D eigenvalue weighted by atomic mass is 9.87. The van der Waals surface area contributed by atoms with Crippen LogP contribution in [0.2, 0.25) is 0 Å². The number of carbonyl (C=O) groups is 1. The van der Waals surface area contributed by atoms with Crippen LogP contribution >= 0.6 is 0 Å². The second-order valence-corrected chi connectivity index (χ2v) is 7.05. The van der Waals surface area contributed by atoms with Gasteiger partial charge >= 0.3 is 0 Å². The molecule has 0 N–H and O–H groups in total. The van der Waals surface area contributed by atoms with E-state index in [1.807, 2.05) is 55.6 Å². The van der Waals surface area contributed by atoms with Crippen LogP contribution in [0.15, 0.2) is 54.9 Å². The van der Waals surface area contributed by atoms with E-state index in [-0.39, 0.29) is 5.91 Å². The van der Waals surface area contributed by atoms with Gasteiger partial charge in [-0.2, -0.15) is 0 Å². The maximum atomic E-state index is 12.6. The maximum absolute atomic E-state index is 12.6. The molecule has 1 fully saturated rings. The zero-order valence-electron chi connectivity index (χ0n) is 14.9. The molecule has 1 aromatic carbocycles. The number of nitrogens with zero attached hydrogens (tertiary/aromatic N) is 4. The fourth-order valence-electron chi connectivity index (χ4n) is 3.67. The normalized spacial score (nSPS) is 16.9. The number of fused-ring (bicyclic) bond motifs is 2. The minimum absolute atomic E-state index is 0.0213. The number of ether oxygens (including phenoxy) is 1. The number of carbonyl (C=O) groups excluding carboxylic acids is 1. The summed E-state index contributed by atoms with van der Waals surface area (Å²) in [5, 5.41) is 0. The molecule has 0 aliphatic carbocycles. The van der Waals surface area contributed by atoms with Crippen molar-refractivity contribution >= 4 is 5.91 Å². The Morgan fingerprint density at radius 3 is 2.63 bits per heavy atom. The van der Waals surface area contributed by atoms with E-state index in [2.05, 4.69) is 15.0 Å². The molecule has 0 atom stereocenters. The van der Waals surface area contributed by atoms with Crippen molar-refractivity contribution in [1.82, 2.24) is 19.9 Å². The molecule has 2 aliphatic heterocycles. The summed E-state index contributed by atoms with van der Waals surface area (Å²) < 4.78 is 6.06. The van der Waals surface area contributed by atoms with Gasteiger partial charge in [-0.1, -0.05) is 30.3 Å². The van der Waals surface area contributed by atoms with Gasteiger partial charge in [0.25, 0.3) is 5.91 Å². The summed E-state index contributed by atoms with van der Waals surface area (Å²) in [6, 6.07) is 13.6. The fraction of sp³-hybridized carbons (Fsp3) is 0.238. The van der Waals surface area contributed by atoms with Crippen molar-refractivity contribution in [1.29, 1.82) is 0 Å². The molecule has 134 valence electrons. The molecule has 6 heteroatoms. The zero-order chi connectivity index (χ0) is 18.4. The highest BCUT2D eigenvalue weighted by atomic mass is 16.5. The lowest BCUT2D eigenvalue weighted by Crippen LogP contribution is -2.61. The molecule has 0 saturated carbocycles. The van der Waals surface area contributed by atoms with Crippen LogP contribution in [-0.2, 0) is 16.9 Å². The molecular formula is C21H18N4O2. The number of benzene rings is 1. The number of pyridine rings is 1. The molecule has 3 aromatic rings. The Hall–Kier alpha value is -3.12. The molecule has 1 saturated heterocycles. The molecule has 1 amide bonds. The number of hydrogen-bond acceptors (Lipinski definition) is 5. The summed E-state index contributed by atoms with van der Waals surface area (Å²) in [7, 11) is 0. The quantitative estimate of drug-likeness (QED) is 0.705. The summed E-state index contributed by atoms with van der Waals surface area (Å²) in [6.45, 7) is 3.38. The summed E-state index contributed by atoms with van der Waals surface area (Å²) >= 11 is 0. The maximum Gasteiger partial charge on any atom is 0.255 e. The van der Waals surface area contributed by atoms with Gasteiger partial charge in [-0.15, -0.1) is 0 Å². The van der Waals surface area contributed by atoms with Crippen molar-refractivity contribution < 1.29 is 9.53 Å². The lowest BCUT2D eigenvalue weighted by molar-refractivity contribution is -0.126. The standard InChI is InChI=1S/C21H18N4O2/c1-14-7-8-16(9-22-14)20(26)25-12-21(13-25)17-10-23-19(24-18(17)11-27-21)15-5-3-2-4-6-15/h2-10H,11-13H2,1H3. The van der Waals surface area contributed by atoms with Crippen molar-refractivity contribution in [2.24, 2.45) is 0 Å². The summed E-state index contributed by atoms with van der Waals surface area (Å²) in [6.07, 6.45) is 3.48. The van der Waals surface area contributed by atoms with Crippen LogP contribution in [0.3, 0.4) is 0 Å². The van der Waals surface area contributed by atoms with Crippen molar-refractivity contribution in [2.45, 2.75) is 19.1 Å². The Kier molecular flexibility index (Phi) is 3.55. The molecule has 5 rings (SSSR count). The first-order chi connectivity index (χ1) is 13.1. The Morgan fingerprint density at radius 2 is 1.89 bits per heavy atom. The first-order valence-corrected chi connectivity index (χ1v) is 8.92. The van der Waals surface area contributed by atoms with Crippen LogP contribution < -0.4 is 0 Å². The third kappa shape index (κ3) is 2.61. The van der Waals surface area contributed by atoms with Crippen LogP contribution in [0, 0.1) is 6.92 Å². The number of amides is 1. The van der Waals surface area contributed by atoms with Gasteiger partial charge in [-0.25, -0.2) is 9.97 Å². The van der Waals surface area contributed by atoms with Gasteiger partial charge in [0.15, 0.2) is 5.82 Å². The number of hydrogen-bond donors (Lipinski definition) is 0. The minimum atomic E-state index is -0.474. The predicted molar refractivity (Wildman–Crippen MR) is 98.8 cm³/mol. The molecule has 4 heterocycles. The van der Waals surface area contributed by atoms with Gasteiger partial charge in [0, 0.05) is 29.2 Å². The van der Waals surface area contributed by atoms with E-state index in [9.17, 15) is 4.79 Å². The molecule has 6 nitrogen and oxygen atoms in total. The van der Waals surface area contributed by atoms with E-state index in [0.717, 1.165) is 22.5 Å². The first-order valence-electron chi connectivity index (χ1n) is 8.92. The van der Waals surface area contributed by atoms with E-state index in [0.29, 0.717) is 31.1 Å². The molecule has 27 heavy (non-hydrogen) atoms. The molecule has 0 bridgehead atoms. The highest BCUT2D eigenvalue weighted by Crippen LogP contribution is 2.43. The van der Waals surface area contributed by atoms with Crippen LogP contribution in [0.25, 0.3) is 11.4 Å². The Bertz CT molecular complexity index is 1010. The van der Waals surface area contributed by atoms with Crippen LogP contribution in [-0.4, -0.2) is 38.8 Å². The number of aromatic nitrogens is 3. The molecular weight excluding hydrogens is 340 g/mol. The average Bonchev–Trinajstić information content (AvgIpc) is 3.06.